The third kappa shape index (κ3) is 5.88. The normalized spacial score (nSPS) is 15.4. The van der Waals surface area contributed by atoms with Gasteiger partial charge in [-0.15, -0.1) is 0 Å². The van der Waals surface area contributed by atoms with Crippen LogP contribution in [0.25, 0.3) is 0 Å². The molecule has 3 amide bonds. The van der Waals surface area contributed by atoms with E-state index in [1.165, 1.54) is 44.7 Å². The highest BCUT2D eigenvalue weighted by molar-refractivity contribution is 5.95. The molecule has 0 spiro atoms. The molecule has 1 atom stereocenters. The van der Waals surface area contributed by atoms with Gasteiger partial charge >= 0.3 is 12.0 Å². The van der Waals surface area contributed by atoms with Crippen molar-refractivity contribution in [3.8, 4) is 11.5 Å². The zero-order valence-electron chi connectivity index (χ0n) is 18.7. The number of hydrogen-bond donors (Lipinski definition) is 3. The lowest BCUT2D eigenvalue weighted by Crippen LogP contribution is -2.45. The lowest BCUT2D eigenvalue weighted by atomic mass is 9.95. The smallest absolute Gasteiger partial charge is 0.337 e. The molecule has 0 aromatic heterocycles. The first-order valence-electron chi connectivity index (χ1n) is 10.1. The largest absolute Gasteiger partial charge is 0.493 e. The fourth-order valence-corrected chi connectivity index (χ4v) is 3.21. The van der Waals surface area contributed by atoms with Crippen LogP contribution < -0.4 is 25.5 Å². The first-order valence-corrected chi connectivity index (χ1v) is 10.1. The summed E-state index contributed by atoms with van der Waals surface area (Å²) in [7, 11) is 2.67. The van der Waals surface area contributed by atoms with E-state index in [1.807, 2.05) is 0 Å². The summed E-state index contributed by atoms with van der Waals surface area (Å²) in [6, 6.07) is 9.14. The number of halogens is 1. The van der Waals surface area contributed by atoms with Crippen molar-refractivity contribution in [3.63, 3.8) is 0 Å². The summed E-state index contributed by atoms with van der Waals surface area (Å²) in [5, 5.41) is 9.03. The Labute approximate surface area is 194 Å². The Morgan fingerprint density at radius 3 is 2.56 bits per heavy atom. The van der Waals surface area contributed by atoms with Crippen LogP contribution in [0.5, 0.6) is 11.5 Å². The van der Waals surface area contributed by atoms with Crippen molar-refractivity contribution in [1.29, 1.82) is 0 Å². The molecule has 3 N–H and O–H groups in total. The Hall–Kier alpha value is -4.41. The average molecular weight is 470 g/mol. The molecule has 1 aliphatic rings. The van der Waals surface area contributed by atoms with E-state index < -0.39 is 23.9 Å². The van der Waals surface area contributed by atoms with Gasteiger partial charge in [-0.25, -0.2) is 19.4 Å². The highest BCUT2D eigenvalue weighted by Gasteiger charge is 2.32. The number of methoxy groups -OCH3 is 2. The van der Waals surface area contributed by atoms with Gasteiger partial charge in [0.05, 0.1) is 32.0 Å². The summed E-state index contributed by atoms with van der Waals surface area (Å²) in [4.78, 5) is 36.3. The SMILES string of the molecule is COC(=O)C1=C(C)NC(=O)N[C@@H]1c1ccc(OCC(=O)N/N=C\c2ccc(F)cc2)c(OC)c1. The van der Waals surface area contributed by atoms with Gasteiger partial charge in [-0.1, -0.05) is 18.2 Å². The minimum atomic E-state index is -0.770. The number of hydrazone groups is 1. The van der Waals surface area contributed by atoms with Crippen LogP contribution in [0.1, 0.15) is 24.1 Å². The topological polar surface area (TPSA) is 127 Å². The Bertz CT molecular complexity index is 1150. The molecule has 10 nitrogen and oxygen atoms in total. The van der Waals surface area contributed by atoms with Crippen molar-refractivity contribution in [2.45, 2.75) is 13.0 Å². The van der Waals surface area contributed by atoms with Crippen LogP contribution in [-0.4, -0.2) is 44.9 Å². The Balaban J connectivity index is 1.68. The van der Waals surface area contributed by atoms with E-state index in [9.17, 15) is 18.8 Å². The summed E-state index contributed by atoms with van der Waals surface area (Å²) in [5.41, 5.74) is 4.09. The second-order valence-corrected chi connectivity index (χ2v) is 7.11. The number of amides is 3. The van der Waals surface area contributed by atoms with Gasteiger partial charge in [-0.05, 0) is 42.3 Å². The number of esters is 1. The molecule has 34 heavy (non-hydrogen) atoms. The fourth-order valence-electron chi connectivity index (χ4n) is 3.21. The number of hydrogen-bond acceptors (Lipinski definition) is 7. The molecule has 3 rings (SSSR count). The monoisotopic (exact) mass is 470 g/mol. The molecule has 0 fully saturated rings. The molecule has 178 valence electrons. The van der Waals surface area contributed by atoms with Gasteiger partial charge < -0.3 is 24.8 Å². The molecular formula is C23H23FN4O6. The highest BCUT2D eigenvalue weighted by atomic mass is 19.1. The van der Waals surface area contributed by atoms with Crippen LogP contribution in [0.2, 0.25) is 0 Å². The minimum absolute atomic E-state index is 0.246. The van der Waals surface area contributed by atoms with Crippen molar-refractivity contribution < 1.29 is 33.0 Å². The van der Waals surface area contributed by atoms with Gasteiger partial charge in [0.15, 0.2) is 18.1 Å². The lowest BCUT2D eigenvalue weighted by molar-refractivity contribution is -0.136. The molecule has 0 saturated carbocycles. The molecule has 0 bridgehead atoms. The fraction of sp³-hybridized carbons (Fsp3) is 0.217. The number of nitrogens with one attached hydrogen (secondary N) is 3. The van der Waals surface area contributed by atoms with Crippen LogP contribution in [0.3, 0.4) is 0 Å². The summed E-state index contributed by atoms with van der Waals surface area (Å²) < 4.78 is 28.6. The van der Waals surface area contributed by atoms with Crippen LogP contribution in [0.15, 0.2) is 58.8 Å². The summed E-state index contributed by atoms with van der Waals surface area (Å²) in [6.07, 6.45) is 1.37. The number of carbonyl (C=O) groups is 3. The maximum absolute atomic E-state index is 12.9. The predicted molar refractivity (Wildman–Crippen MR) is 120 cm³/mol. The van der Waals surface area contributed by atoms with E-state index in [1.54, 1.807) is 25.1 Å². The van der Waals surface area contributed by atoms with E-state index in [4.69, 9.17) is 14.2 Å². The number of urea groups is 1. The van der Waals surface area contributed by atoms with Gasteiger partial charge in [-0.3, -0.25) is 4.79 Å². The second-order valence-electron chi connectivity index (χ2n) is 7.11. The van der Waals surface area contributed by atoms with E-state index in [-0.39, 0.29) is 29.5 Å². The van der Waals surface area contributed by atoms with Crippen molar-refractivity contribution in [3.05, 3.63) is 70.7 Å². The van der Waals surface area contributed by atoms with Crippen molar-refractivity contribution in [2.24, 2.45) is 5.10 Å². The van der Waals surface area contributed by atoms with E-state index in [2.05, 4.69) is 21.2 Å². The second kappa shape index (κ2) is 10.9. The molecule has 0 saturated heterocycles. The maximum Gasteiger partial charge on any atom is 0.337 e. The van der Waals surface area contributed by atoms with Crippen molar-refractivity contribution >= 4 is 24.1 Å². The molecule has 11 heteroatoms. The third-order valence-corrected chi connectivity index (χ3v) is 4.83. The van der Waals surface area contributed by atoms with Gasteiger partial charge in [0.1, 0.15) is 5.82 Å². The molecule has 0 aliphatic carbocycles. The number of rotatable bonds is 8. The quantitative estimate of drug-likeness (QED) is 0.308. The molecule has 0 unspecified atom stereocenters. The lowest BCUT2D eigenvalue weighted by Gasteiger charge is -2.28. The standard InChI is InChI=1S/C23H23FN4O6/c1-13-20(22(30)33-3)21(27-23(31)26-13)15-6-9-17(18(10-15)32-2)34-12-19(29)28-25-11-14-4-7-16(24)8-5-14/h4-11,21H,12H2,1-3H3,(H,28,29)(H2,26,27,31)/b25-11-/t21-/m1/s1. The molecular weight excluding hydrogens is 447 g/mol. The van der Waals surface area contributed by atoms with Crippen LogP contribution in [0, 0.1) is 5.82 Å². The molecule has 1 heterocycles. The van der Waals surface area contributed by atoms with E-state index in [0.717, 1.165) is 0 Å². The predicted octanol–water partition coefficient (Wildman–Crippen LogP) is 2.16. The zero-order valence-corrected chi connectivity index (χ0v) is 18.7. The van der Waals surface area contributed by atoms with Gasteiger partial charge in [0.25, 0.3) is 5.91 Å². The number of ether oxygens (including phenoxy) is 3. The Kier molecular flexibility index (Phi) is 7.80. The van der Waals surface area contributed by atoms with E-state index >= 15 is 0 Å². The van der Waals surface area contributed by atoms with Crippen molar-refractivity contribution in [1.82, 2.24) is 16.1 Å². The molecule has 2 aromatic rings. The van der Waals surface area contributed by atoms with Crippen LogP contribution in [0.4, 0.5) is 9.18 Å². The summed E-state index contributed by atoms with van der Waals surface area (Å²) >= 11 is 0. The summed E-state index contributed by atoms with van der Waals surface area (Å²) in [6.45, 7) is 1.25. The first kappa shape index (κ1) is 24.2. The van der Waals surface area contributed by atoms with Crippen molar-refractivity contribution in [2.75, 3.05) is 20.8 Å². The van der Waals surface area contributed by atoms with Gasteiger partial charge in [0, 0.05) is 5.70 Å². The van der Waals surface area contributed by atoms with Crippen LogP contribution in [-0.2, 0) is 14.3 Å². The molecule has 1 aliphatic heterocycles. The average Bonchev–Trinajstić information content (AvgIpc) is 2.83. The Morgan fingerprint density at radius 1 is 1.15 bits per heavy atom. The number of allylic oxidation sites excluding steroid dienone is 1. The highest BCUT2D eigenvalue weighted by Crippen LogP contribution is 2.34. The van der Waals surface area contributed by atoms with Gasteiger partial charge in [0.2, 0.25) is 0 Å². The first-order chi connectivity index (χ1) is 16.3. The third-order valence-electron chi connectivity index (χ3n) is 4.83. The zero-order chi connectivity index (χ0) is 24.7. The molecule has 0 radical (unpaired) electrons. The maximum atomic E-state index is 12.9. The number of carbonyl (C=O) groups excluding carboxylic acids is 3. The molecule has 2 aromatic carbocycles. The Morgan fingerprint density at radius 2 is 1.88 bits per heavy atom. The van der Waals surface area contributed by atoms with E-state index in [0.29, 0.717) is 16.8 Å². The van der Waals surface area contributed by atoms with Crippen LogP contribution >= 0.6 is 0 Å². The number of nitrogens with zero attached hydrogens (tertiary/aromatic N) is 1. The summed E-state index contributed by atoms with van der Waals surface area (Å²) in [5.74, 6) is -0.933. The van der Waals surface area contributed by atoms with Gasteiger partial charge in [-0.2, -0.15) is 5.10 Å². The minimum Gasteiger partial charge on any atom is -0.493 e. The number of benzene rings is 2.